The topological polar surface area (TPSA) is 48.7 Å². The third-order valence-electron chi connectivity index (χ3n) is 7.05. The first kappa shape index (κ1) is 14.8. The lowest BCUT2D eigenvalue weighted by molar-refractivity contribution is -0.276. The third kappa shape index (κ3) is 1.67. The van der Waals surface area contributed by atoms with Gasteiger partial charge in [-0.05, 0) is 30.7 Å². The van der Waals surface area contributed by atoms with Crippen LogP contribution in [0.1, 0.15) is 51.3 Å². The molecule has 5 rings (SSSR count). The van der Waals surface area contributed by atoms with Crippen LogP contribution in [0.3, 0.4) is 0 Å². The Morgan fingerprint density at radius 2 is 1.96 bits per heavy atom. The van der Waals surface area contributed by atoms with Crippen molar-refractivity contribution >= 4 is 5.65 Å². The van der Waals surface area contributed by atoms with Crippen molar-refractivity contribution in [1.82, 2.24) is 14.6 Å². The zero-order valence-corrected chi connectivity index (χ0v) is 14.7. The molecule has 5 nitrogen and oxygen atoms in total. The van der Waals surface area contributed by atoms with Crippen LogP contribution in [-0.2, 0) is 21.3 Å². The van der Waals surface area contributed by atoms with E-state index >= 15 is 0 Å². The maximum absolute atomic E-state index is 6.18. The van der Waals surface area contributed by atoms with Crippen molar-refractivity contribution in [3.8, 4) is 0 Å². The van der Waals surface area contributed by atoms with E-state index in [1.54, 1.807) is 0 Å². The van der Waals surface area contributed by atoms with Crippen LogP contribution in [0.25, 0.3) is 5.65 Å². The lowest BCUT2D eigenvalue weighted by Gasteiger charge is -2.59. The van der Waals surface area contributed by atoms with Crippen LogP contribution >= 0.6 is 0 Å². The van der Waals surface area contributed by atoms with Gasteiger partial charge < -0.3 is 9.47 Å². The van der Waals surface area contributed by atoms with Gasteiger partial charge in [-0.1, -0.05) is 20.8 Å². The number of hydrogen-bond donors (Lipinski definition) is 0. The molecule has 2 fully saturated rings. The number of rotatable bonds is 0. The van der Waals surface area contributed by atoms with Gasteiger partial charge in [0, 0.05) is 29.5 Å². The number of hydrogen-bond acceptors (Lipinski definition) is 4. The molecule has 24 heavy (non-hydrogen) atoms. The van der Waals surface area contributed by atoms with Gasteiger partial charge in [-0.25, -0.2) is 9.50 Å². The molecule has 1 aliphatic heterocycles. The molecule has 3 aliphatic rings. The van der Waals surface area contributed by atoms with Crippen molar-refractivity contribution < 1.29 is 9.47 Å². The van der Waals surface area contributed by atoms with E-state index in [0.717, 1.165) is 44.5 Å². The number of aromatic nitrogens is 3. The Labute approximate surface area is 142 Å². The van der Waals surface area contributed by atoms with E-state index in [4.69, 9.17) is 14.5 Å². The summed E-state index contributed by atoms with van der Waals surface area (Å²) >= 11 is 0. The molecule has 0 unspecified atom stereocenters. The lowest BCUT2D eigenvalue weighted by Crippen LogP contribution is -2.61. The molecule has 0 radical (unpaired) electrons. The second kappa shape index (κ2) is 4.58. The van der Waals surface area contributed by atoms with Crippen LogP contribution in [-0.4, -0.2) is 33.6 Å². The molecule has 2 atom stereocenters. The largest absolute Gasteiger partial charge is 0.347 e. The predicted octanol–water partition coefficient (Wildman–Crippen LogP) is 3.11. The lowest BCUT2D eigenvalue weighted by atomic mass is 9.49. The number of aryl methyl sites for hydroxylation is 1. The maximum Gasteiger partial charge on any atom is 0.173 e. The van der Waals surface area contributed by atoms with Gasteiger partial charge in [0.25, 0.3) is 0 Å². The highest BCUT2D eigenvalue weighted by molar-refractivity contribution is 5.43. The molecule has 1 spiro atoms. The first-order chi connectivity index (χ1) is 11.5. The summed E-state index contributed by atoms with van der Waals surface area (Å²) in [5.41, 5.74) is 3.62. The van der Waals surface area contributed by atoms with E-state index in [9.17, 15) is 0 Å². The van der Waals surface area contributed by atoms with Gasteiger partial charge in [-0.3, -0.25) is 0 Å². The quantitative estimate of drug-likeness (QED) is 0.746. The SMILES string of the molecule is CC1(C)[C@@H]2CCc3cn4nccc4nc3[C@@]2(C)CCC12OCCO2. The second-order valence-electron chi connectivity index (χ2n) is 8.43. The Bertz CT molecular complexity index is 806. The van der Waals surface area contributed by atoms with Crippen molar-refractivity contribution in [2.75, 3.05) is 13.2 Å². The van der Waals surface area contributed by atoms with Crippen LogP contribution < -0.4 is 0 Å². The Morgan fingerprint density at radius 1 is 1.17 bits per heavy atom. The number of fused-ring (bicyclic) bond motifs is 4. The minimum atomic E-state index is -0.407. The summed E-state index contributed by atoms with van der Waals surface area (Å²) in [4.78, 5) is 5.03. The average Bonchev–Trinajstić information content (AvgIpc) is 3.20. The van der Waals surface area contributed by atoms with Gasteiger partial charge in [0.15, 0.2) is 11.4 Å². The highest BCUT2D eigenvalue weighted by Crippen LogP contribution is 2.62. The molecule has 5 heteroatoms. The summed E-state index contributed by atoms with van der Waals surface area (Å²) in [6.45, 7) is 8.51. The van der Waals surface area contributed by atoms with Crippen molar-refractivity contribution in [2.24, 2.45) is 11.3 Å². The highest BCUT2D eigenvalue weighted by atomic mass is 16.7. The van der Waals surface area contributed by atoms with Crippen molar-refractivity contribution in [3.63, 3.8) is 0 Å². The zero-order valence-electron chi connectivity index (χ0n) is 14.7. The molecule has 2 aromatic rings. The van der Waals surface area contributed by atoms with Crippen molar-refractivity contribution in [1.29, 1.82) is 0 Å². The molecule has 1 saturated carbocycles. The fourth-order valence-electron chi connectivity index (χ4n) is 5.78. The monoisotopic (exact) mass is 327 g/mol. The summed E-state index contributed by atoms with van der Waals surface area (Å²) in [6, 6.07) is 1.99. The molecular weight excluding hydrogens is 302 g/mol. The Morgan fingerprint density at radius 3 is 2.75 bits per heavy atom. The van der Waals surface area contributed by atoms with Gasteiger partial charge in [0.2, 0.25) is 0 Å². The van der Waals surface area contributed by atoms with Crippen LogP contribution in [0.15, 0.2) is 18.5 Å². The Balaban J connectivity index is 1.65. The molecule has 0 aromatic carbocycles. The summed E-state index contributed by atoms with van der Waals surface area (Å²) in [5.74, 6) is 0.0947. The molecule has 128 valence electrons. The first-order valence-corrected chi connectivity index (χ1v) is 9.08. The van der Waals surface area contributed by atoms with Gasteiger partial charge in [0.1, 0.15) is 0 Å². The molecular formula is C19H25N3O2. The van der Waals surface area contributed by atoms with Gasteiger partial charge in [0.05, 0.1) is 25.1 Å². The van der Waals surface area contributed by atoms with E-state index in [1.807, 2.05) is 16.8 Å². The molecule has 2 aromatic heterocycles. The molecule has 0 amide bonds. The van der Waals surface area contributed by atoms with E-state index in [1.165, 1.54) is 11.3 Å². The Kier molecular flexibility index (Phi) is 2.83. The van der Waals surface area contributed by atoms with E-state index in [0.29, 0.717) is 5.92 Å². The highest BCUT2D eigenvalue weighted by Gasteiger charge is 2.63. The van der Waals surface area contributed by atoms with Gasteiger partial charge >= 0.3 is 0 Å². The maximum atomic E-state index is 6.18. The second-order valence-corrected chi connectivity index (χ2v) is 8.43. The smallest absolute Gasteiger partial charge is 0.173 e. The molecule has 1 saturated heterocycles. The fraction of sp³-hybridized carbons (Fsp3) is 0.684. The van der Waals surface area contributed by atoms with Crippen molar-refractivity contribution in [2.45, 2.75) is 57.7 Å². The van der Waals surface area contributed by atoms with E-state index in [2.05, 4.69) is 32.1 Å². The molecule has 0 bridgehead atoms. The van der Waals surface area contributed by atoms with Crippen LogP contribution in [0, 0.1) is 11.3 Å². The molecule has 2 aliphatic carbocycles. The van der Waals surface area contributed by atoms with Gasteiger partial charge in [-0.15, -0.1) is 0 Å². The van der Waals surface area contributed by atoms with Crippen LogP contribution in [0.5, 0.6) is 0 Å². The fourth-order valence-corrected chi connectivity index (χ4v) is 5.78. The van der Waals surface area contributed by atoms with E-state index < -0.39 is 5.79 Å². The van der Waals surface area contributed by atoms with Gasteiger partial charge in [-0.2, -0.15) is 5.10 Å². The minimum Gasteiger partial charge on any atom is -0.347 e. The third-order valence-corrected chi connectivity index (χ3v) is 7.05. The summed E-state index contributed by atoms with van der Waals surface area (Å²) in [7, 11) is 0. The normalized spacial score (nSPS) is 33.5. The van der Waals surface area contributed by atoms with Crippen LogP contribution in [0.2, 0.25) is 0 Å². The predicted molar refractivity (Wildman–Crippen MR) is 89.8 cm³/mol. The first-order valence-electron chi connectivity index (χ1n) is 9.08. The zero-order chi connectivity index (χ0) is 16.6. The average molecular weight is 327 g/mol. The minimum absolute atomic E-state index is 0.0256. The summed E-state index contributed by atoms with van der Waals surface area (Å²) < 4.78 is 14.3. The van der Waals surface area contributed by atoms with Crippen LogP contribution in [0.4, 0.5) is 0 Å². The van der Waals surface area contributed by atoms with E-state index in [-0.39, 0.29) is 10.8 Å². The number of ether oxygens (including phenoxy) is 2. The summed E-state index contributed by atoms with van der Waals surface area (Å²) in [6.07, 6.45) is 8.22. The van der Waals surface area contributed by atoms with Crippen molar-refractivity contribution in [3.05, 3.63) is 29.7 Å². The summed E-state index contributed by atoms with van der Waals surface area (Å²) in [5, 5.41) is 4.35. The Hall–Kier alpha value is -1.46. The molecule has 0 N–H and O–H groups in total. The molecule has 3 heterocycles. The number of nitrogens with zero attached hydrogens (tertiary/aromatic N) is 3. The standard InChI is InChI=1S/C19H25N3O2/c1-17(2)14-5-4-13-12-22-15(6-9-20-22)21-16(13)18(14,3)7-8-19(17)23-10-11-24-19/h6,9,12,14H,4-5,7-8,10-11H2,1-3H3/t14-,18-/m0/s1.